The highest BCUT2D eigenvalue weighted by Gasteiger charge is 2.54. The highest BCUT2D eigenvalue weighted by Crippen LogP contribution is 2.55. The van der Waals surface area contributed by atoms with E-state index in [1.54, 1.807) is 0 Å². The topological polar surface area (TPSA) is 9.23 Å². The van der Waals surface area contributed by atoms with Crippen molar-refractivity contribution in [1.29, 1.82) is 0 Å². The maximum absolute atomic E-state index is 7.43. The molecule has 1 rings (SSSR count). The molecular formula is C22H46OSi. The van der Waals surface area contributed by atoms with Crippen molar-refractivity contribution in [3.05, 3.63) is 0 Å². The first-order chi connectivity index (χ1) is 11.1. The van der Waals surface area contributed by atoms with Crippen LogP contribution in [0.4, 0.5) is 0 Å². The van der Waals surface area contributed by atoms with Gasteiger partial charge in [0, 0.05) is 0 Å². The van der Waals surface area contributed by atoms with Gasteiger partial charge in [0.05, 0.1) is 6.10 Å². The molecule has 144 valence electrons. The van der Waals surface area contributed by atoms with Crippen molar-refractivity contribution in [2.24, 2.45) is 17.3 Å². The van der Waals surface area contributed by atoms with Gasteiger partial charge in [0.25, 0.3) is 0 Å². The fourth-order valence-electron chi connectivity index (χ4n) is 6.09. The van der Waals surface area contributed by atoms with Gasteiger partial charge in [0.1, 0.15) is 0 Å². The van der Waals surface area contributed by atoms with Gasteiger partial charge in [-0.3, -0.25) is 0 Å². The summed E-state index contributed by atoms with van der Waals surface area (Å²) in [5.41, 5.74) is 2.48. The van der Waals surface area contributed by atoms with E-state index in [1.807, 2.05) is 0 Å². The molecule has 0 unspecified atom stereocenters. The molecule has 0 aromatic heterocycles. The summed E-state index contributed by atoms with van der Waals surface area (Å²) in [7, 11) is -1.81. The Kier molecular flexibility index (Phi) is 8.06. The molecule has 3 atom stereocenters. The van der Waals surface area contributed by atoms with E-state index in [1.165, 1.54) is 32.1 Å². The van der Waals surface area contributed by atoms with Crippen molar-refractivity contribution in [3.8, 4) is 0 Å². The van der Waals surface area contributed by atoms with E-state index >= 15 is 0 Å². The predicted molar refractivity (Wildman–Crippen MR) is 111 cm³/mol. The van der Waals surface area contributed by atoms with Gasteiger partial charge in [-0.25, -0.2) is 0 Å². The summed E-state index contributed by atoms with van der Waals surface area (Å²) in [4.78, 5) is 0. The van der Waals surface area contributed by atoms with Gasteiger partial charge in [0.2, 0.25) is 8.32 Å². The minimum Gasteiger partial charge on any atom is -0.412 e. The van der Waals surface area contributed by atoms with Crippen LogP contribution in [0.3, 0.4) is 0 Å². The molecule has 1 fully saturated rings. The first-order valence-electron chi connectivity index (χ1n) is 10.7. The maximum Gasteiger partial charge on any atom is 0.200 e. The molecule has 0 aromatic carbocycles. The zero-order valence-corrected chi connectivity index (χ0v) is 19.4. The lowest BCUT2D eigenvalue weighted by Gasteiger charge is -2.49. The fraction of sp³-hybridized carbons (Fsp3) is 1.00. The quantitative estimate of drug-likeness (QED) is 0.384. The van der Waals surface area contributed by atoms with Gasteiger partial charge in [0.15, 0.2) is 0 Å². The molecule has 0 heterocycles. The first kappa shape index (κ1) is 22.2. The van der Waals surface area contributed by atoms with E-state index in [-0.39, 0.29) is 0 Å². The molecule has 0 radical (unpaired) electrons. The Balaban J connectivity index is 3.28. The summed E-state index contributed by atoms with van der Waals surface area (Å²) in [5, 5.41) is 0. The molecule has 1 saturated carbocycles. The number of hydrogen-bond donors (Lipinski definition) is 0. The predicted octanol–water partition coefficient (Wildman–Crippen LogP) is 7.81. The lowest BCUT2D eigenvalue weighted by Crippen LogP contribution is -2.54. The molecule has 0 aromatic rings. The van der Waals surface area contributed by atoms with Crippen molar-refractivity contribution in [2.75, 3.05) is 0 Å². The van der Waals surface area contributed by atoms with Gasteiger partial charge < -0.3 is 4.43 Å². The molecule has 0 aliphatic heterocycles. The van der Waals surface area contributed by atoms with Gasteiger partial charge in [-0.15, -0.1) is 0 Å². The molecule has 1 aliphatic rings. The first-order valence-corrected chi connectivity index (χ1v) is 12.9. The molecule has 2 heteroatoms. The third-order valence-corrected chi connectivity index (χ3v) is 13.2. The molecule has 0 amide bonds. The average molecular weight is 355 g/mol. The summed E-state index contributed by atoms with van der Waals surface area (Å²) in [6, 6.07) is 0. The normalized spacial score (nSPS) is 28.8. The minimum atomic E-state index is -1.81. The molecule has 0 N–H and O–H groups in total. The SMILES string of the molecule is CC[C@H]1CC[C@](CC)(CC(C)C)[C@@H]1O[Si](C(C)C)(C(C)C)C(C)C. The van der Waals surface area contributed by atoms with Crippen LogP contribution < -0.4 is 0 Å². The largest absolute Gasteiger partial charge is 0.412 e. The lowest BCUT2D eigenvalue weighted by molar-refractivity contribution is 0.0130. The Morgan fingerprint density at radius 1 is 0.917 bits per heavy atom. The van der Waals surface area contributed by atoms with Crippen LogP contribution in [0.15, 0.2) is 0 Å². The van der Waals surface area contributed by atoms with E-state index in [0.29, 0.717) is 28.1 Å². The summed E-state index contributed by atoms with van der Waals surface area (Å²) >= 11 is 0. The number of rotatable bonds is 9. The lowest BCUT2D eigenvalue weighted by atomic mass is 9.74. The zero-order valence-electron chi connectivity index (χ0n) is 18.4. The summed E-state index contributed by atoms with van der Waals surface area (Å²) in [6.45, 7) is 24.2. The number of hydrogen-bond acceptors (Lipinski definition) is 1. The molecular weight excluding hydrogens is 308 g/mol. The van der Waals surface area contributed by atoms with Gasteiger partial charge in [-0.2, -0.15) is 0 Å². The second kappa shape index (κ2) is 8.71. The van der Waals surface area contributed by atoms with E-state index in [9.17, 15) is 0 Å². The Morgan fingerprint density at radius 3 is 1.75 bits per heavy atom. The molecule has 0 saturated heterocycles. The zero-order chi connectivity index (χ0) is 18.7. The molecule has 0 spiro atoms. The minimum absolute atomic E-state index is 0.422. The van der Waals surface area contributed by atoms with Crippen molar-refractivity contribution >= 4 is 8.32 Å². The summed E-state index contributed by atoms with van der Waals surface area (Å²) < 4.78 is 7.43. The van der Waals surface area contributed by atoms with Crippen molar-refractivity contribution in [1.82, 2.24) is 0 Å². The second-order valence-corrected chi connectivity index (χ2v) is 15.3. The van der Waals surface area contributed by atoms with E-state index in [4.69, 9.17) is 4.43 Å². The van der Waals surface area contributed by atoms with Crippen LogP contribution >= 0.6 is 0 Å². The van der Waals surface area contributed by atoms with Crippen LogP contribution in [0.1, 0.15) is 101 Å². The van der Waals surface area contributed by atoms with Crippen LogP contribution in [0.2, 0.25) is 16.6 Å². The maximum atomic E-state index is 7.43. The van der Waals surface area contributed by atoms with Crippen LogP contribution in [0, 0.1) is 17.3 Å². The van der Waals surface area contributed by atoms with Gasteiger partial charge in [-0.05, 0) is 59.6 Å². The highest BCUT2D eigenvalue weighted by atomic mass is 28.4. The molecule has 24 heavy (non-hydrogen) atoms. The third-order valence-electron chi connectivity index (χ3n) is 7.13. The Hall–Kier alpha value is 0.177. The highest BCUT2D eigenvalue weighted by molar-refractivity contribution is 6.77. The van der Waals surface area contributed by atoms with Crippen molar-refractivity contribution in [3.63, 3.8) is 0 Å². The monoisotopic (exact) mass is 354 g/mol. The fourth-order valence-corrected chi connectivity index (χ4v) is 11.8. The van der Waals surface area contributed by atoms with E-state index in [2.05, 4.69) is 69.2 Å². The summed E-state index contributed by atoms with van der Waals surface area (Å²) in [5.74, 6) is 1.53. The van der Waals surface area contributed by atoms with Crippen LogP contribution in [0.25, 0.3) is 0 Å². The standard InChI is InChI=1S/C22H46OSi/c1-11-20-13-14-22(12-2,15-16(3)4)21(20)23-24(17(5)6,18(7)8)19(9)10/h16-21H,11-15H2,1-10H3/t20-,21+,22+/m0/s1. The molecule has 0 bridgehead atoms. The van der Waals surface area contributed by atoms with Crippen LogP contribution in [-0.4, -0.2) is 14.4 Å². The van der Waals surface area contributed by atoms with Gasteiger partial charge in [-0.1, -0.05) is 75.7 Å². The van der Waals surface area contributed by atoms with Crippen LogP contribution in [0.5, 0.6) is 0 Å². The average Bonchev–Trinajstić information content (AvgIpc) is 2.80. The third kappa shape index (κ3) is 4.11. The summed E-state index contributed by atoms with van der Waals surface area (Å²) in [6.07, 6.45) is 7.15. The van der Waals surface area contributed by atoms with Crippen LogP contribution in [-0.2, 0) is 4.43 Å². The Labute approximate surface area is 154 Å². The Bertz CT molecular complexity index is 352. The molecule has 1 aliphatic carbocycles. The molecule has 1 nitrogen and oxygen atoms in total. The van der Waals surface area contributed by atoms with Crippen molar-refractivity contribution < 1.29 is 4.43 Å². The second-order valence-electron chi connectivity index (χ2n) is 9.88. The van der Waals surface area contributed by atoms with E-state index in [0.717, 1.165) is 11.8 Å². The van der Waals surface area contributed by atoms with Crippen molar-refractivity contribution in [2.45, 2.75) is 124 Å². The van der Waals surface area contributed by atoms with Gasteiger partial charge >= 0.3 is 0 Å². The van der Waals surface area contributed by atoms with E-state index < -0.39 is 8.32 Å². The smallest absolute Gasteiger partial charge is 0.200 e. The Morgan fingerprint density at radius 2 is 1.42 bits per heavy atom.